The normalized spacial score (nSPS) is 17.1. The lowest BCUT2D eigenvalue weighted by molar-refractivity contribution is 0.0899. The van der Waals surface area contributed by atoms with Crippen LogP contribution in [0.25, 0.3) is 10.9 Å². The summed E-state index contributed by atoms with van der Waals surface area (Å²) in [5.41, 5.74) is 0.647. The van der Waals surface area contributed by atoms with E-state index in [4.69, 9.17) is 29.6 Å². The zero-order valence-corrected chi connectivity index (χ0v) is 13.5. The van der Waals surface area contributed by atoms with Crippen LogP contribution in [-0.4, -0.2) is 16.4 Å². The van der Waals surface area contributed by atoms with Crippen molar-refractivity contribution in [2.75, 3.05) is 0 Å². The van der Waals surface area contributed by atoms with E-state index in [1.54, 1.807) is 18.2 Å². The van der Waals surface area contributed by atoms with Crippen LogP contribution in [0.4, 0.5) is 0 Å². The molecule has 1 aromatic carbocycles. The lowest BCUT2D eigenvalue weighted by Gasteiger charge is -2.33. The summed E-state index contributed by atoms with van der Waals surface area (Å²) in [6.07, 6.45) is 10.6. The molecule has 1 fully saturated rings. The number of carbonyl (C=O) groups is 1. The van der Waals surface area contributed by atoms with Crippen LogP contribution in [0.5, 0.6) is 0 Å². The Morgan fingerprint density at radius 1 is 1.23 bits per heavy atom. The summed E-state index contributed by atoms with van der Waals surface area (Å²) in [6.45, 7) is 0. The number of aromatic nitrogens is 1. The number of amides is 1. The minimum absolute atomic E-state index is 0.205. The fourth-order valence-corrected chi connectivity index (χ4v) is 3.58. The van der Waals surface area contributed by atoms with Crippen molar-refractivity contribution in [3.05, 3.63) is 33.9 Å². The molecule has 22 heavy (non-hydrogen) atoms. The van der Waals surface area contributed by atoms with Crippen LogP contribution in [0.15, 0.2) is 18.2 Å². The van der Waals surface area contributed by atoms with Crippen LogP contribution in [0.2, 0.25) is 10.0 Å². The number of terminal acetylenes is 1. The van der Waals surface area contributed by atoms with E-state index in [1.165, 1.54) is 6.42 Å². The standard InChI is InChI=1S/C17H16Cl2N2O/c1-2-17(6-4-3-5-7-17)21-16(22)15-10-12-13(19)8-11(18)9-14(12)20-15/h1,8-10,20H,3-7H2,(H,21,22). The topological polar surface area (TPSA) is 44.9 Å². The molecule has 2 N–H and O–H groups in total. The molecule has 3 rings (SSSR count). The first-order chi connectivity index (χ1) is 10.5. The van der Waals surface area contributed by atoms with Crippen molar-refractivity contribution in [1.82, 2.24) is 10.3 Å². The summed E-state index contributed by atoms with van der Waals surface area (Å²) >= 11 is 12.1. The number of hydrogen-bond acceptors (Lipinski definition) is 1. The molecule has 1 aliphatic carbocycles. The number of aromatic amines is 1. The van der Waals surface area contributed by atoms with Gasteiger partial charge >= 0.3 is 0 Å². The third kappa shape index (κ3) is 2.82. The highest BCUT2D eigenvalue weighted by molar-refractivity contribution is 6.38. The molecule has 0 spiro atoms. The molecule has 5 heteroatoms. The highest BCUT2D eigenvalue weighted by atomic mass is 35.5. The lowest BCUT2D eigenvalue weighted by atomic mass is 9.82. The van der Waals surface area contributed by atoms with Crippen molar-refractivity contribution < 1.29 is 4.79 Å². The summed E-state index contributed by atoms with van der Waals surface area (Å²) in [7, 11) is 0. The largest absolute Gasteiger partial charge is 0.350 e. The zero-order valence-electron chi connectivity index (χ0n) is 12.0. The predicted molar refractivity (Wildman–Crippen MR) is 90.4 cm³/mol. The number of fused-ring (bicyclic) bond motifs is 1. The molecule has 1 amide bonds. The molecule has 0 unspecified atom stereocenters. The van der Waals surface area contributed by atoms with Crippen molar-refractivity contribution in [2.45, 2.75) is 37.6 Å². The van der Waals surface area contributed by atoms with E-state index in [-0.39, 0.29) is 5.91 Å². The maximum Gasteiger partial charge on any atom is 0.268 e. The summed E-state index contributed by atoms with van der Waals surface area (Å²) in [6, 6.07) is 5.14. The minimum atomic E-state index is -0.534. The Hall–Kier alpha value is -1.63. The Morgan fingerprint density at radius 2 is 1.95 bits per heavy atom. The quantitative estimate of drug-likeness (QED) is 0.778. The molecule has 1 aromatic heterocycles. The van der Waals surface area contributed by atoms with Crippen molar-refractivity contribution in [3.63, 3.8) is 0 Å². The van der Waals surface area contributed by atoms with Gasteiger partial charge in [0, 0.05) is 15.9 Å². The SMILES string of the molecule is C#CC1(NC(=O)c2cc3c(Cl)cc(Cl)cc3[nH]2)CCCCC1. The van der Waals surface area contributed by atoms with Gasteiger partial charge in [0.15, 0.2) is 0 Å². The molecular formula is C17H16Cl2N2O. The lowest BCUT2D eigenvalue weighted by Crippen LogP contribution is -2.48. The molecule has 0 aliphatic heterocycles. The number of carbonyl (C=O) groups excluding carboxylic acids is 1. The number of rotatable bonds is 2. The van der Waals surface area contributed by atoms with Gasteiger partial charge in [0.25, 0.3) is 5.91 Å². The summed E-state index contributed by atoms with van der Waals surface area (Å²) in [4.78, 5) is 15.6. The van der Waals surface area contributed by atoms with E-state index in [0.29, 0.717) is 15.7 Å². The molecule has 114 valence electrons. The summed E-state index contributed by atoms with van der Waals surface area (Å²) in [5, 5.41) is 4.83. The molecular weight excluding hydrogens is 319 g/mol. The van der Waals surface area contributed by atoms with Gasteiger partial charge in [-0.3, -0.25) is 4.79 Å². The van der Waals surface area contributed by atoms with Crippen molar-refractivity contribution in [3.8, 4) is 12.3 Å². The van der Waals surface area contributed by atoms with E-state index in [2.05, 4.69) is 16.2 Å². The maximum absolute atomic E-state index is 12.5. The monoisotopic (exact) mass is 334 g/mol. The second-order valence-corrected chi connectivity index (χ2v) is 6.62. The minimum Gasteiger partial charge on any atom is -0.350 e. The number of halogens is 2. The van der Waals surface area contributed by atoms with E-state index < -0.39 is 5.54 Å². The van der Waals surface area contributed by atoms with Crippen LogP contribution in [0.3, 0.4) is 0 Å². The van der Waals surface area contributed by atoms with E-state index in [9.17, 15) is 4.79 Å². The van der Waals surface area contributed by atoms with Gasteiger partial charge in [-0.2, -0.15) is 0 Å². The molecule has 0 saturated heterocycles. The molecule has 0 atom stereocenters. The van der Waals surface area contributed by atoms with Crippen LogP contribution < -0.4 is 5.32 Å². The number of nitrogens with one attached hydrogen (secondary N) is 2. The molecule has 3 nitrogen and oxygen atoms in total. The van der Waals surface area contributed by atoms with Crippen LogP contribution in [0.1, 0.15) is 42.6 Å². The van der Waals surface area contributed by atoms with Gasteiger partial charge in [0.1, 0.15) is 11.2 Å². The Labute approximate surface area is 139 Å². The highest BCUT2D eigenvalue weighted by Gasteiger charge is 2.32. The van der Waals surface area contributed by atoms with Crippen molar-refractivity contribution >= 4 is 40.0 Å². The van der Waals surface area contributed by atoms with Crippen LogP contribution in [0, 0.1) is 12.3 Å². The van der Waals surface area contributed by atoms with Gasteiger partial charge in [-0.1, -0.05) is 48.4 Å². The maximum atomic E-state index is 12.5. The van der Waals surface area contributed by atoms with E-state index in [1.807, 2.05) is 0 Å². The summed E-state index contributed by atoms with van der Waals surface area (Å²) < 4.78 is 0. The molecule has 0 radical (unpaired) electrons. The third-order valence-electron chi connectivity index (χ3n) is 4.23. The van der Waals surface area contributed by atoms with Gasteiger partial charge < -0.3 is 10.3 Å². The van der Waals surface area contributed by atoms with Gasteiger partial charge in [-0.15, -0.1) is 6.42 Å². The van der Waals surface area contributed by atoms with Gasteiger partial charge in [0.2, 0.25) is 0 Å². The first-order valence-corrected chi connectivity index (χ1v) is 8.07. The Balaban J connectivity index is 1.89. The third-order valence-corrected chi connectivity index (χ3v) is 4.76. The number of H-pyrrole nitrogens is 1. The molecule has 1 heterocycles. The van der Waals surface area contributed by atoms with Crippen molar-refractivity contribution in [1.29, 1.82) is 0 Å². The molecule has 2 aromatic rings. The fourth-order valence-electron chi connectivity index (χ4n) is 3.03. The number of hydrogen-bond donors (Lipinski definition) is 2. The second-order valence-electron chi connectivity index (χ2n) is 5.77. The Bertz CT molecular complexity index is 767. The van der Waals surface area contributed by atoms with Gasteiger partial charge in [-0.05, 0) is 31.0 Å². The van der Waals surface area contributed by atoms with Crippen LogP contribution >= 0.6 is 23.2 Å². The summed E-state index contributed by atoms with van der Waals surface area (Å²) in [5.74, 6) is 2.57. The first kappa shape index (κ1) is 15.3. The van der Waals surface area contributed by atoms with Gasteiger partial charge in [-0.25, -0.2) is 0 Å². The fraction of sp³-hybridized carbons (Fsp3) is 0.353. The highest BCUT2D eigenvalue weighted by Crippen LogP contribution is 2.30. The van der Waals surface area contributed by atoms with Gasteiger partial charge in [0.05, 0.1) is 5.02 Å². The zero-order chi connectivity index (χ0) is 15.7. The van der Waals surface area contributed by atoms with Crippen molar-refractivity contribution in [2.24, 2.45) is 0 Å². The first-order valence-electron chi connectivity index (χ1n) is 7.31. The predicted octanol–water partition coefficient (Wildman–Crippen LogP) is 4.54. The van der Waals surface area contributed by atoms with E-state index >= 15 is 0 Å². The Morgan fingerprint density at radius 3 is 2.64 bits per heavy atom. The number of benzene rings is 1. The average Bonchev–Trinajstić information content (AvgIpc) is 2.92. The molecule has 1 saturated carbocycles. The molecule has 1 aliphatic rings. The average molecular weight is 335 g/mol. The van der Waals surface area contributed by atoms with Crippen LogP contribution in [-0.2, 0) is 0 Å². The van der Waals surface area contributed by atoms with E-state index in [0.717, 1.165) is 36.6 Å². The second kappa shape index (κ2) is 5.87. The molecule has 0 bridgehead atoms. The smallest absolute Gasteiger partial charge is 0.268 e. The Kier molecular flexibility index (Phi) is 4.08.